The average Bonchev–Trinajstić information content (AvgIpc) is 3.33. The third-order valence-corrected chi connectivity index (χ3v) is 9.22. The van der Waals surface area contributed by atoms with E-state index in [0.29, 0.717) is 25.3 Å². The van der Waals surface area contributed by atoms with Gasteiger partial charge >= 0.3 is 6.03 Å². The third kappa shape index (κ3) is 4.66. The smallest absolute Gasteiger partial charge is 0.325 e. The Hall–Kier alpha value is -1.32. The fourth-order valence-corrected chi connectivity index (χ4v) is 7.21. The van der Waals surface area contributed by atoms with Crippen LogP contribution in [0.25, 0.3) is 0 Å². The van der Waals surface area contributed by atoms with Gasteiger partial charge in [0.15, 0.2) is 0 Å². The standard InChI is InChI=1S/C23H38N4O4S/c1-21(2,3)17-4-6-23(7-5-17)19(29)27(20(30)25-23)14-18(28)24-15-22(8-13-32-16-22)26-9-11-31-12-10-26/h17H,4-16H2,1-3H3,(H,24,28)(H,25,30). The van der Waals surface area contributed by atoms with Gasteiger partial charge in [0, 0.05) is 30.9 Å². The molecule has 4 aliphatic rings. The van der Waals surface area contributed by atoms with Crippen LogP contribution in [0.3, 0.4) is 0 Å². The summed E-state index contributed by atoms with van der Waals surface area (Å²) < 4.78 is 5.50. The molecule has 32 heavy (non-hydrogen) atoms. The normalized spacial score (nSPS) is 34.2. The van der Waals surface area contributed by atoms with E-state index in [9.17, 15) is 14.4 Å². The molecular weight excluding hydrogens is 428 g/mol. The second kappa shape index (κ2) is 9.14. The van der Waals surface area contributed by atoms with E-state index in [1.807, 2.05) is 11.8 Å². The summed E-state index contributed by atoms with van der Waals surface area (Å²) in [5, 5.41) is 5.98. The largest absolute Gasteiger partial charge is 0.379 e. The molecule has 0 aromatic rings. The number of nitrogens with zero attached hydrogens (tertiary/aromatic N) is 2. The number of amides is 4. The fourth-order valence-electron chi connectivity index (χ4n) is 5.73. The van der Waals surface area contributed by atoms with Crippen LogP contribution in [0.2, 0.25) is 0 Å². The molecule has 2 N–H and O–H groups in total. The van der Waals surface area contributed by atoms with Gasteiger partial charge in [0.1, 0.15) is 12.1 Å². The second-order valence-electron chi connectivity index (χ2n) is 10.9. The summed E-state index contributed by atoms with van der Waals surface area (Å²) >= 11 is 1.91. The Labute approximate surface area is 195 Å². The zero-order chi connectivity index (χ0) is 23.0. The van der Waals surface area contributed by atoms with Gasteiger partial charge in [-0.1, -0.05) is 20.8 Å². The predicted molar refractivity (Wildman–Crippen MR) is 124 cm³/mol. The summed E-state index contributed by atoms with van der Waals surface area (Å²) in [6, 6.07) is -0.432. The molecule has 0 radical (unpaired) electrons. The highest BCUT2D eigenvalue weighted by molar-refractivity contribution is 7.99. The van der Waals surface area contributed by atoms with E-state index in [0.717, 1.165) is 62.0 Å². The first-order valence-electron chi connectivity index (χ1n) is 12.0. The van der Waals surface area contributed by atoms with E-state index < -0.39 is 11.6 Å². The zero-order valence-electron chi connectivity index (χ0n) is 19.7. The molecule has 1 spiro atoms. The molecule has 3 heterocycles. The Kier molecular flexibility index (Phi) is 6.81. The Morgan fingerprint density at radius 1 is 1.19 bits per heavy atom. The molecule has 0 aromatic heterocycles. The van der Waals surface area contributed by atoms with Gasteiger partial charge in [-0.05, 0) is 49.2 Å². The minimum atomic E-state index is -0.823. The Morgan fingerprint density at radius 2 is 1.88 bits per heavy atom. The molecule has 0 bridgehead atoms. The highest BCUT2D eigenvalue weighted by Crippen LogP contribution is 2.43. The summed E-state index contributed by atoms with van der Waals surface area (Å²) in [5.41, 5.74) is -0.689. The zero-order valence-corrected chi connectivity index (χ0v) is 20.5. The first-order valence-corrected chi connectivity index (χ1v) is 13.1. The van der Waals surface area contributed by atoms with Crippen molar-refractivity contribution in [2.45, 2.75) is 64.0 Å². The summed E-state index contributed by atoms with van der Waals surface area (Å²) in [6.07, 6.45) is 4.15. The summed E-state index contributed by atoms with van der Waals surface area (Å²) in [4.78, 5) is 42.2. The molecule has 9 heteroatoms. The van der Waals surface area contributed by atoms with Crippen molar-refractivity contribution in [2.75, 3.05) is 50.9 Å². The van der Waals surface area contributed by atoms with Crippen molar-refractivity contribution in [1.82, 2.24) is 20.4 Å². The molecule has 1 saturated carbocycles. The van der Waals surface area contributed by atoms with Gasteiger partial charge in [-0.2, -0.15) is 11.8 Å². The molecule has 8 nitrogen and oxygen atoms in total. The second-order valence-corrected chi connectivity index (χ2v) is 12.1. The van der Waals surface area contributed by atoms with Crippen molar-refractivity contribution in [1.29, 1.82) is 0 Å². The maximum Gasteiger partial charge on any atom is 0.325 e. The number of nitrogens with one attached hydrogen (secondary N) is 2. The van der Waals surface area contributed by atoms with Crippen molar-refractivity contribution < 1.29 is 19.1 Å². The number of urea groups is 1. The minimum absolute atomic E-state index is 0.0616. The van der Waals surface area contributed by atoms with Crippen LogP contribution in [0, 0.1) is 11.3 Å². The molecule has 1 unspecified atom stereocenters. The fraction of sp³-hybridized carbons (Fsp3) is 0.870. The van der Waals surface area contributed by atoms with Gasteiger partial charge in [0.2, 0.25) is 5.91 Å². The quantitative estimate of drug-likeness (QED) is 0.601. The summed E-state index contributed by atoms with van der Waals surface area (Å²) in [5.74, 6) is 2.10. The predicted octanol–water partition coefficient (Wildman–Crippen LogP) is 1.84. The van der Waals surface area contributed by atoms with Crippen LogP contribution in [0.4, 0.5) is 4.79 Å². The van der Waals surface area contributed by atoms with E-state index in [-0.39, 0.29) is 29.3 Å². The monoisotopic (exact) mass is 466 g/mol. The van der Waals surface area contributed by atoms with E-state index >= 15 is 0 Å². The van der Waals surface area contributed by atoms with E-state index in [4.69, 9.17) is 4.74 Å². The van der Waals surface area contributed by atoms with Crippen molar-refractivity contribution in [3.63, 3.8) is 0 Å². The molecule has 3 saturated heterocycles. The highest BCUT2D eigenvalue weighted by Gasteiger charge is 2.53. The molecule has 1 atom stereocenters. The summed E-state index contributed by atoms with van der Waals surface area (Å²) in [6.45, 7) is 10.2. The van der Waals surface area contributed by atoms with Crippen LogP contribution >= 0.6 is 11.8 Å². The number of carbonyl (C=O) groups excluding carboxylic acids is 3. The lowest BCUT2D eigenvalue weighted by atomic mass is 9.67. The van der Waals surface area contributed by atoms with Crippen molar-refractivity contribution in [3.05, 3.63) is 0 Å². The molecule has 4 rings (SSSR count). The number of rotatable bonds is 5. The maximum absolute atomic E-state index is 13.2. The molecule has 4 amide bonds. The first kappa shape index (κ1) is 23.8. The van der Waals surface area contributed by atoms with Gasteiger partial charge in [-0.15, -0.1) is 0 Å². The van der Waals surface area contributed by atoms with Crippen LogP contribution in [-0.4, -0.2) is 89.6 Å². The van der Waals surface area contributed by atoms with Crippen LogP contribution in [0.5, 0.6) is 0 Å². The van der Waals surface area contributed by atoms with Crippen LogP contribution in [0.1, 0.15) is 52.9 Å². The number of ether oxygens (including phenoxy) is 1. The molecule has 0 aromatic carbocycles. The first-order chi connectivity index (χ1) is 15.2. The van der Waals surface area contributed by atoms with E-state index in [2.05, 4.69) is 36.3 Å². The molecule has 3 aliphatic heterocycles. The van der Waals surface area contributed by atoms with Crippen LogP contribution in [-0.2, 0) is 14.3 Å². The van der Waals surface area contributed by atoms with Crippen molar-refractivity contribution >= 4 is 29.6 Å². The van der Waals surface area contributed by atoms with Crippen LogP contribution < -0.4 is 10.6 Å². The van der Waals surface area contributed by atoms with Gasteiger partial charge in [0.25, 0.3) is 5.91 Å². The van der Waals surface area contributed by atoms with E-state index in [1.165, 1.54) is 0 Å². The lowest BCUT2D eigenvalue weighted by Gasteiger charge is -2.43. The lowest BCUT2D eigenvalue weighted by molar-refractivity contribution is -0.136. The maximum atomic E-state index is 13.2. The van der Waals surface area contributed by atoms with Gasteiger partial charge < -0.3 is 15.4 Å². The lowest BCUT2D eigenvalue weighted by Crippen LogP contribution is -2.59. The van der Waals surface area contributed by atoms with Crippen LogP contribution in [0.15, 0.2) is 0 Å². The molecule has 4 fully saturated rings. The molecular formula is C23H38N4O4S. The van der Waals surface area contributed by atoms with Crippen molar-refractivity contribution in [3.8, 4) is 0 Å². The Morgan fingerprint density at radius 3 is 2.47 bits per heavy atom. The van der Waals surface area contributed by atoms with Crippen molar-refractivity contribution in [2.24, 2.45) is 11.3 Å². The number of thioether (sulfide) groups is 1. The Bertz CT molecular complexity index is 733. The molecule has 180 valence electrons. The van der Waals surface area contributed by atoms with Gasteiger partial charge in [0.05, 0.1) is 13.2 Å². The minimum Gasteiger partial charge on any atom is -0.379 e. The topological polar surface area (TPSA) is 91.0 Å². The highest BCUT2D eigenvalue weighted by atomic mass is 32.2. The van der Waals surface area contributed by atoms with Gasteiger partial charge in [-0.25, -0.2) is 4.79 Å². The summed E-state index contributed by atoms with van der Waals surface area (Å²) in [7, 11) is 0. The number of morpholine rings is 1. The SMILES string of the molecule is CC(C)(C)C1CCC2(CC1)NC(=O)N(CC(=O)NCC1(N3CCOCC3)CCSC1)C2=O. The Balaban J connectivity index is 1.33. The van der Waals surface area contributed by atoms with E-state index in [1.54, 1.807) is 0 Å². The number of hydrogen-bond donors (Lipinski definition) is 2. The average molecular weight is 467 g/mol. The third-order valence-electron chi connectivity index (χ3n) is 7.99. The van der Waals surface area contributed by atoms with Gasteiger partial charge in [-0.3, -0.25) is 19.4 Å². The number of hydrogen-bond acceptors (Lipinski definition) is 6. The molecule has 1 aliphatic carbocycles. The number of imide groups is 1. The number of carbonyl (C=O) groups is 3.